The molecular formula is C14H21NO. The molecule has 0 amide bonds. The molecule has 0 aromatic heterocycles. The van der Waals surface area contributed by atoms with Gasteiger partial charge in [0.1, 0.15) is 5.75 Å². The summed E-state index contributed by atoms with van der Waals surface area (Å²) in [7, 11) is 0. The first-order valence-corrected chi connectivity index (χ1v) is 6.16. The first-order chi connectivity index (χ1) is 7.72. The molecule has 0 bridgehead atoms. The van der Waals surface area contributed by atoms with Gasteiger partial charge in [0.05, 0.1) is 6.61 Å². The first kappa shape index (κ1) is 11.5. The summed E-state index contributed by atoms with van der Waals surface area (Å²) in [5.41, 5.74) is 9.66. The third-order valence-electron chi connectivity index (χ3n) is 3.35. The van der Waals surface area contributed by atoms with Gasteiger partial charge in [0.2, 0.25) is 0 Å². The molecule has 2 N–H and O–H groups in total. The molecule has 2 heteroatoms. The normalized spacial score (nSPS) is 19.8. The molecule has 1 atom stereocenters. The molecule has 0 aliphatic carbocycles. The highest BCUT2D eigenvalue weighted by molar-refractivity contribution is 5.46. The monoisotopic (exact) mass is 219 g/mol. The minimum absolute atomic E-state index is 0.584. The van der Waals surface area contributed by atoms with Crippen molar-refractivity contribution in [3.8, 4) is 5.75 Å². The van der Waals surface area contributed by atoms with Crippen molar-refractivity contribution in [3.63, 3.8) is 0 Å². The van der Waals surface area contributed by atoms with Gasteiger partial charge in [-0.1, -0.05) is 17.7 Å². The van der Waals surface area contributed by atoms with E-state index in [-0.39, 0.29) is 0 Å². The molecule has 1 aromatic carbocycles. The minimum atomic E-state index is 0.584. The van der Waals surface area contributed by atoms with Crippen molar-refractivity contribution in [2.24, 2.45) is 5.73 Å². The van der Waals surface area contributed by atoms with Crippen LogP contribution in [0, 0.1) is 13.8 Å². The minimum Gasteiger partial charge on any atom is -0.493 e. The molecule has 1 aromatic rings. The Balaban J connectivity index is 2.43. The van der Waals surface area contributed by atoms with Gasteiger partial charge >= 0.3 is 0 Å². The Morgan fingerprint density at radius 2 is 2.19 bits per heavy atom. The zero-order valence-electron chi connectivity index (χ0n) is 10.3. The van der Waals surface area contributed by atoms with Crippen LogP contribution < -0.4 is 10.5 Å². The second-order valence-corrected chi connectivity index (χ2v) is 4.77. The van der Waals surface area contributed by atoms with Crippen molar-refractivity contribution in [2.75, 3.05) is 13.2 Å². The molecule has 1 heterocycles. The van der Waals surface area contributed by atoms with E-state index in [1.165, 1.54) is 23.1 Å². The van der Waals surface area contributed by atoms with Crippen molar-refractivity contribution in [1.29, 1.82) is 0 Å². The van der Waals surface area contributed by atoms with Crippen LogP contribution >= 0.6 is 0 Å². The standard InChI is InChI=1S/C14H21NO/c1-10-8-11(2)14-13(9-10)12(5-6-15)4-3-7-16-14/h8-9,12H,3-7,15H2,1-2H3. The van der Waals surface area contributed by atoms with E-state index in [2.05, 4.69) is 26.0 Å². The Morgan fingerprint density at radius 3 is 2.94 bits per heavy atom. The third-order valence-corrected chi connectivity index (χ3v) is 3.35. The van der Waals surface area contributed by atoms with Crippen LogP contribution in [-0.4, -0.2) is 13.2 Å². The lowest BCUT2D eigenvalue weighted by Crippen LogP contribution is -2.07. The fourth-order valence-electron chi connectivity index (χ4n) is 2.65. The highest BCUT2D eigenvalue weighted by Crippen LogP contribution is 2.37. The summed E-state index contributed by atoms with van der Waals surface area (Å²) in [5, 5.41) is 0. The van der Waals surface area contributed by atoms with E-state index in [1.54, 1.807) is 0 Å². The van der Waals surface area contributed by atoms with E-state index in [1.807, 2.05) is 0 Å². The summed E-state index contributed by atoms with van der Waals surface area (Å²) in [5.74, 6) is 1.70. The molecular weight excluding hydrogens is 198 g/mol. The van der Waals surface area contributed by atoms with Crippen molar-refractivity contribution in [3.05, 3.63) is 28.8 Å². The van der Waals surface area contributed by atoms with Crippen molar-refractivity contribution in [2.45, 2.75) is 39.0 Å². The predicted molar refractivity (Wildman–Crippen MR) is 67.1 cm³/mol. The summed E-state index contributed by atoms with van der Waals surface area (Å²) < 4.78 is 5.87. The molecule has 1 aliphatic rings. The average molecular weight is 219 g/mol. The summed E-state index contributed by atoms with van der Waals surface area (Å²) in [6.07, 6.45) is 3.41. The van der Waals surface area contributed by atoms with Gasteiger partial charge in [0.25, 0.3) is 0 Å². The number of aryl methyl sites for hydroxylation is 2. The Kier molecular flexibility index (Phi) is 3.49. The third kappa shape index (κ3) is 2.22. The molecule has 1 aliphatic heterocycles. The number of nitrogens with two attached hydrogens (primary N) is 1. The van der Waals surface area contributed by atoms with Crippen LogP contribution in [0.1, 0.15) is 41.9 Å². The van der Waals surface area contributed by atoms with E-state index < -0.39 is 0 Å². The number of hydrogen-bond donors (Lipinski definition) is 1. The topological polar surface area (TPSA) is 35.2 Å². The van der Waals surface area contributed by atoms with Crippen molar-refractivity contribution in [1.82, 2.24) is 0 Å². The maximum absolute atomic E-state index is 5.87. The number of ether oxygens (including phenoxy) is 1. The molecule has 2 nitrogen and oxygen atoms in total. The van der Waals surface area contributed by atoms with Crippen LogP contribution in [0.4, 0.5) is 0 Å². The molecule has 0 radical (unpaired) electrons. The second-order valence-electron chi connectivity index (χ2n) is 4.77. The van der Waals surface area contributed by atoms with Gasteiger partial charge in [-0.25, -0.2) is 0 Å². The molecule has 16 heavy (non-hydrogen) atoms. The summed E-state index contributed by atoms with van der Waals surface area (Å²) in [4.78, 5) is 0. The van der Waals surface area contributed by atoms with Crippen LogP contribution in [0.5, 0.6) is 5.75 Å². The largest absolute Gasteiger partial charge is 0.493 e. The molecule has 0 spiro atoms. The number of hydrogen-bond acceptors (Lipinski definition) is 2. The van der Waals surface area contributed by atoms with Gasteiger partial charge in [-0.2, -0.15) is 0 Å². The lowest BCUT2D eigenvalue weighted by atomic mass is 9.89. The quantitative estimate of drug-likeness (QED) is 0.830. The maximum Gasteiger partial charge on any atom is 0.125 e. The van der Waals surface area contributed by atoms with Crippen LogP contribution in [0.25, 0.3) is 0 Å². The average Bonchev–Trinajstić information content (AvgIpc) is 2.42. The number of fused-ring (bicyclic) bond motifs is 1. The van der Waals surface area contributed by atoms with Crippen molar-refractivity contribution < 1.29 is 4.74 Å². The van der Waals surface area contributed by atoms with Crippen LogP contribution in [0.15, 0.2) is 12.1 Å². The summed E-state index contributed by atoms with van der Waals surface area (Å²) in [6.45, 7) is 5.89. The molecule has 0 saturated carbocycles. The Morgan fingerprint density at radius 1 is 1.38 bits per heavy atom. The SMILES string of the molecule is Cc1cc(C)c2c(c1)C(CCN)CCCO2. The van der Waals surface area contributed by atoms with Crippen molar-refractivity contribution >= 4 is 0 Å². The maximum atomic E-state index is 5.87. The van der Waals surface area contributed by atoms with Gasteiger partial charge in [-0.15, -0.1) is 0 Å². The van der Waals surface area contributed by atoms with E-state index in [9.17, 15) is 0 Å². The lowest BCUT2D eigenvalue weighted by molar-refractivity contribution is 0.314. The van der Waals surface area contributed by atoms with Gasteiger partial charge < -0.3 is 10.5 Å². The van der Waals surface area contributed by atoms with Gasteiger partial charge in [0, 0.05) is 0 Å². The zero-order valence-corrected chi connectivity index (χ0v) is 10.3. The van der Waals surface area contributed by atoms with Gasteiger partial charge in [-0.3, -0.25) is 0 Å². The fourth-order valence-corrected chi connectivity index (χ4v) is 2.65. The van der Waals surface area contributed by atoms with Crippen LogP contribution in [0.2, 0.25) is 0 Å². The Hall–Kier alpha value is -1.02. The van der Waals surface area contributed by atoms with E-state index in [4.69, 9.17) is 10.5 Å². The molecule has 1 unspecified atom stereocenters. The van der Waals surface area contributed by atoms with E-state index >= 15 is 0 Å². The lowest BCUT2D eigenvalue weighted by Gasteiger charge is -2.18. The molecule has 2 rings (SSSR count). The zero-order chi connectivity index (χ0) is 11.5. The van der Waals surface area contributed by atoms with Gasteiger partial charge in [0.15, 0.2) is 0 Å². The first-order valence-electron chi connectivity index (χ1n) is 6.16. The van der Waals surface area contributed by atoms with Crippen LogP contribution in [-0.2, 0) is 0 Å². The summed E-state index contributed by atoms with van der Waals surface area (Å²) in [6, 6.07) is 4.47. The van der Waals surface area contributed by atoms with E-state index in [0.717, 1.165) is 31.7 Å². The smallest absolute Gasteiger partial charge is 0.125 e. The summed E-state index contributed by atoms with van der Waals surface area (Å²) >= 11 is 0. The number of benzene rings is 1. The Bertz CT molecular complexity index is 373. The molecule has 0 saturated heterocycles. The Labute approximate surface area is 97.8 Å². The van der Waals surface area contributed by atoms with E-state index in [0.29, 0.717) is 5.92 Å². The van der Waals surface area contributed by atoms with Gasteiger partial charge in [-0.05, 0) is 56.7 Å². The highest BCUT2D eigenvalue weighted by atomic mass is 16.5. The number of rotatable bonds is 2. The predicted octanol–water partition coefficient (Wildman–Crippen LogP) is 2.91. The fraction of sp³-hybridized carbons (Fsp3) is 0.571. The second kappa shape index (κ2) is 4.88. The highest BCUT2D eigenvalue weighted by Gasteiger charge is 2.20. The van der Waals surface area contributed by atoms with Crippen LogP contribution in [0.3, 0.4) is 0 Å². The molecule has 0 fully saturated rings. The molecule has 88 valence electrons.